The summed E-state index contributed by atoms with van der Waals surface area (Å²) < 4.78 is 0. The number of hydrogen-bond donors (Lipinski definition) is 1. The van der Waals surface area contributed by atoms with Gasteiger partial charge in [-0.25, -0.2) is 0 Å². The lowest BCUT2D eigenvalue weighted by Gasteiger charge is -2.38. The first-order valence-electron chi connectivity index (χ1n) is 10.7. The third-order valence-electron chi connectivity index (χ3n) is 6.33. The Labute approximate surface area is 173 Å². The third-order valence-corrected chi connectivity index (χ3v) is 6.33. The quantitative estimate of drug-likeness (QED) is 0.849. The van der Waals surface area contributed by atoms with Crippen LogP contribution < -0.4 is 4.90 Å². The fraction of sp³-hybridized carbons (Fsp3) is 0.458. The van der Waals surface area contributed by atoms with E-state index in [2.05, 4.69) is 34.1 Å². The number of benzene rings is 2. The minimum absolute atomic E-state index is 0.236. The van der Waals surface area contributed by atoms with Gasteiger partial charge in [-0.2, -0.15) is 0 Å². The van der Waals surface area contributed by atoms with Crippen molar-refractivity contribution < 1.29 is 9.90 Å². The maximum absolute atomic E-state index is 12.8. The van der Waals surface area contributed by atoms with Crippen molar-refractivity contribution in [3.8, 4) is 0 Å². The second kappa shape index (κ2) is 9.42. The number of piperidine rings is 1. The molecular formula is C24H31N3O2. The van der Waals surface area contributed by atoms with Crippen molar-refractivity contribution in [1.82, 2.24) is 9.80 Å². The van der Waals surface area contributed by atoms with Gasteiger partial charge in [0.25, 0.3) is 0 Å². The lowest BCUT2D eigenvalue weighted by Crippen LogP contribution is -2.52. The Morgan fingerprint density at radius 2 is 1.45 bits per heavy atom. The molecule has 1 unspecified atom stereocenters. The molecule has 0 aromatic heterocycles. The fourth-order valence-electron chi connectivity index (χ4n) is 4.49. The number of aliphatic hydroxyl groups is 1. The van der Waals surface area contributed by atoms with Crippen molar-refractivity contribution in [2.75, 3.05) is 50.7 Å². The Morgan fingerprint density at radius 1 is 0.862 bits per heavy atom. The van der Waals surface area contributed by atoms with Crippen molar-refractivity contribution in [2.45, 2.75) is 18.9 Å². The highest BCUT2D eigenvalue weighted by atomic mass is 16.3. The van der Waals surface area contributed by atoms with Crippen LogP contribution in [-0.4, -0.2) is 66.6 Å². The van der Waals surface area contributed by atoms with E-state index in [1.54, 1.807) is 0 Å². The largest absolute Gasteiger partial charge is 0.388 e. The summed E-state index contributed by atoms with van der Waals surface area (Å²) in [6, 6.07) is 20.3. The number of nitrogens with zero attached hydrogens (tertiary/aromatic N) is 3. The van der Waals surface area contributed by atoms with Crippen LogP contribution in [0.3, 0.4) is 0 Å². The highest BCUT2D eigenvalue weighted by Gasteiger charge is 2.28. The van der Waals surface area contributed by atoms with E-state index in [1.165, 1.54) is 5.69 Å². The lowest BCUT2D eigenvalue weighted by atomic mass is 9.87. The molecule has 2 aliphatic heterocycles. The van der Waals surface area contributed by atoms with E-state index in [-0.39, 0.29) is 11.8 Å². The molecule has 2 heterocycles. The van der Waals surface area contributed by atoms with Crippen LogP contribution in [0.25, 0.3) is 0 Å². The molecule has 0 aliphatic carbocycles. The van der Waals surface area contributed by atoms with Gasteiger partial charge in [0.15, 0.2) is 0 Å². The number of hydrogen-bond acceptors (Lipinski definition) is 4. The predicted octanol–water partition coefficient (Wildman–Crippen LogP) is 2.78. The molecule has 1 N–H and O–H groups in total. The first-order chi connectivity index (χ1) is 14.2. The summed E-state index contributed by atoms with van der Waals surface area (Å²) in [5, 5.41) is 10.6. The van der Waals surface area contributed by atoms with Crippen molar-refractivity contribution >= 4 is 11.6 Å². The summed E-state index contributed by atoms with van der Waals surface area (Å²) in [5.74, 6) is 0.512. The van der Waals surface area contributed by atoms with Crippen LogP contribution in [0.4, 0.5) is 5.69 Å². The number of carbonyl (C=O) groups excluding carboxylic acids is 1. The fourth-order valence-corrected chi connectivity index (χ4v) is 4.49. The minimum Gasteiger partial charge on any atom is -0.388 e. The molecule has 0 bridgehead atoms. The third kappa shape index (κ3) is 4.98. The topological polar surface area (TPSA) is 47.0 Å². The molecule has 0 spiro atoms. The SMILES string of the molecule is O=C(CN1CCC(C(O)c2ccccc2)CC1)N1CCN(c2ccccc2)CC1. The van der Waals surface area contributed by atoms with E-state index in [0.29, 0.717) is 6.54 Å². The Bertz CT molecular complexity index is 767. The molecule has 1 amide bonds. The number of para-hydroxylation sites is 1. The molecule has 2 aliphatic rings. The second-order valence-corrected chi connectivity index (χ2v) is 8.17. The zero-order valence-electron chi connectivity index (χ0n) is 17.0. The van der Waals surface area contributed by atoms with Gasteiger partial charge in [0, 0.05) is 31.9 Å². The van der Waals surface area contributed by atoms with Crippen LogP contribution in [0.15, 0.2) is 60.7 Å². The van der Waals surface area contributed by atoms with E-state index in [4.69, 9.17) is 0 Å². The summed E-state index contributed by atoms with van der Waals surface area (Å²) in [6.45, 7) is 5.62. The summed E-state index contributed by atoms with van der Waals surface area (Å²) in [7, 11) is 0. The molecule has 4 rings (SSSR count). The van der Waals surface area contributed by atoms with Crippen molar-refractivity contribution in [2.24, 2.45) is 5.92 Å². The standard InChI is InChI=1S/C24H31N3O2/c28-23(27-17-15-26(16-18-27)22-9-5-2-6-10-22)19-25-13-11-21(12-14-25)24(29)20-7-3-1-4-8-20/h1-10,21,24,29H,11-19H2. The number of carbonyl (C=O) groups is 1. The number of piperazine rings is 1. The van der Waals surface area contributed by atoms with Crippen LogP contribution in [0, 0.1) is 5.92 Å². The van der Waals surface area contributed by atoms with Gasteiger partial charge in [0.05, 0.1) is 12.6 Å². The average Bonchev–Trinajstić information content (AvgIpc) is 2.80. The maximum atomic E-state index is 12.8. The molecule has 5 heteroatoms. The van der Waals surface area contributed by atoms with Gasteiger partial charge in [-0.15, -0.1) is 0 Å². The molecule has 1 atom stereocenters. The van der Waals surface area contributed by atoms with Crippen LogP contribution in [0.5, 0.6) is 0 Å². The summed E-state index contributed by atoms with van der Waals surface area (Å²) in [6.07, 6.45) is 1.47. The van der Waals surface area contributed by atoms with Crippen LogP contribution in [0.2, 0.25) is 0 Å². The smallest absolute Gasteiger partial charge is 0.236 e. The number of amides is 1. The van der Waals surface area contributed by atoms with Crippen molar-refractivity contribution in [3.63, 3.8) is 0 Å². The number of likely N-dealkylation sites (tertiary alicyclic amines) is 1. The normalized spacial score (nSPS) is 19.9. The number of aliphatic hydroxyl groups excluding tert-OH is 1. The highest BCUT2D eigenvalue weighted by Crippen LogP contribution is 2.30. The second-order valence-electron chi connectivity index (χ2n) is 8.17. The molecule has 0 saturated carbocycles. The first-order valence-corrected chi connectivity index (χ1v) is 10.7. The number of anilines is 1. The molecule has 5 nitrogen and oxygen atoms in total. The zero-order valence-corrected chi connectivity index (χ0v) is 17.0. The highest BCUT2D eigenvalue weighted by molar-refractivity contribution is 5.78. The Morgan fingerprint density at radius 3 is 2.07 bits per heavy atom. The van der Waals surface area contributed by atoms with Crippen LogP contribution >= 0.6 is 0 Å². The van der Waals surface area contributed by atoms with E-state index in [0.717, 1.165) is 57.7 Å². The molecular weight excluding hydrogens is 362 g/mol. The summed E-state index contributed by atoms with van der Waals surface area (Å²) in [5.41, 5.74) is 2.23. The van der Waals surface area contributed by atoms with Gasteiger partial charge in [-0.1, -0.05) is 48.5 Å². The molecule has 0 radical (unpaired) electrons. The molecule has 29 heavy (non-hydrogen) atoms. The maximum Gasteiger partial charge on any atom is 0.236 e. The van der Waals surface area contributed by atoms with E-state index in [9.17, 15) is 9.90 Å². The first kappa shape index (κ1) is 19.9. The molecule has 2 aromatic carbocycles. The van der Waals surface area contributed by atoms with E-state index in [1.807, 2.05) is 41.3 Å². The Kier molecular flexibility index (Phi) is 6.47. The zero-order chi connectivity index (χ0) is 20.1. The number of rotatable bonds is 5. The van der Waals surface area contributed by atoms with E-state index < -0.39 is 6.10 Å². The lowest BCUT2D eigenvalue weighted by molar-refractivity contribution is -0.133. The van der Waals surface area contributed by atoms with Gasteiger partial charge in [-0.3, -0.25) is 9.69 Å². The van der Waals surface area contributed by atoms with Crippen molar-refractivity contribution in [3.05, 3.63) is 66.2 Å². The summed E-state index contributed by atoms with van der Waals surface area (Å²) in [4.78, 5) is 19.4. The van der Waals surface area contributed by atoms with Crippen LogP contribution in [-0.2, 0) is 4.79 Å². The molecule has 154 valence electrons. The Hall–Kier alpha value is -2.37. The van der Waals surface area contributed by atoms with Crippen molar-refractivity contribution in [1.29, 1.82) is 0 Å². The predicted molar refractivity (Wildman–Crippen MR) is 116 cm³/mol. The molecule has 2 aromatic rings. The minimum atomic E-state index is -0.403. The van der Waals surface area contributed by atoms with Gasteiger partial charge in [-0.05, 0) is 49.5 Å². The van der Waals surface area contributed by atoms with Crippen LogP contribution in [0.1, 0.15) is 24.5 Å². The summed E-state index contributed by atoms with van der Waals surface area (Å²) >= 11 is 0. The van der Waals surface area contributed by atoms with Gasteiger partial charge >= 0.3 is 0 Å². The van der Waals surface area contributed by atoms with Gasteiger partial charge in [0.2, 0.25) is 5.91 Å². The Balaban J connectivity index is 1.21. The molecule has 2 fully saturated rings. The molecule has 2 saturated heterocycles. The van der Waals surface area contributed by atoms with Gasteiger partial charge in [0.1, 0.15) is 0 Å². The van der Waals surface area contributed by atoms with E-state index >= 15 is 0 Å². The average molecular weight is 394 g/mol. The monoisotopic (exact) mass is 393 g/mol. The van der Waals surface area contributed by atoms with Gasteiger partial charge < -0.3 is 14.9 Å².